The number of hydrogen-bond donors (Lipinski definition) is 0. The van der Waals surface area contributed by atoms with E-state index in [0.29, 0.717) is 11.2 Å². The summed E-state index contributed by atoms with van der Waals surface area (Å²) in [7, 11) is 0. The number of hydrogen-bond acceptors (Lipinski definition) is 1. The van der Waals surface area contributed by atoms with E-state index in [4.69, 9.17) is 0 Å². The van der Waals surface area contributed by atoms with Gasteiger partial charge in [0.15, 0.2) is 0 Å². The number of fused-ring (bicyclic) bond motifs is 2. The second-order valence-corrected chi connectivity index (χ2v) is 5.42. The third-order valence-corrected chi connectivity index (χ3v) is 4.52. The van der Waals surface area contributed by atoms with E-state index in [2.05, 4.69) is 20.8 Å². The molecule has 0 radical (unpaired) electrons. The van der Waals surface area contributed by atoms with Crippen LogP contribution in [0.25, 0.3) is 0 Å². The fraction of sp³-hybridized carbons (Fsp3) is 0.909. The third-order valence-electron chi connectivity index (χ3n) is 4.52. The Morgan fingerprint density at radius 3 is 2.67 bits per heavy atom. The average molecular weight is 166 g/mol. The van der Waals surface area contributed by atoms with E-state index in [0.717, 1.165) is 12.3 Å². The van der Waals surface area contributed by atoms with E-state index < -0.39 is 0 Å². The van der Waals surface area contributed by atoms with Crippen LogP contribution in [-0.2, 0) is 4.79 Å². The molecule has 0 heterocycles. The molecular formula is C11H18O. The van der Waals surface area contributed by atoms with Crippen LogP contribution in [-0.4, -0.2) is 5.78 Å². The second kappa shape index (κ2) is 2.12. The van der Waals surface area contributed by atoms with Gasteiger partial charge >= 0.3 is 0 Å². The van der Waals surface area contributed by atoms with Gasteiger partial charge in [-0.25, -0.2) is 0 Å². The minimum atomic E-state index is -0.0556. The fourth-order valence-corrected chi connectivity index (χ4v) is 2.96. The summed E-state index contributed by atoms with van der Waals surface area (Å²) in [6, 6.07) is 0. The molecule has 2 fully saturated rings. The van der Waals surface area contributed by atoms with Crippen molar-refractivity contribution < 1.29 is 4.79 Å². The van der Waals surface area contributed by atoms with Crippen LogP contribution in [0.1, 0.15) is 46.5 Å². The van der Waals surface area contributed by atoms with E-state index >= 15 is 0 Å². The third kappa shape index (κ3) is 0.826. The molecule has 0 aromatic carbocycles. The van der Waals surface area contributed by atoms with Gasteiger partial charge in [-0.05, 0) is 30.6 Å². The SMILES string of the molecule is CC12CCC(CC(=O)C1(C)C)C2. The van der Waals surface area contributed by atoms with Crippen LogP contribution in [0.4, 0.5) is 0 Å². The van der Waals surface area contributed by atoms with Gasteiger partial charge in [0.2, 0.25) is 0 Å². The lowest BCUT2D eigenvalue weighted by Crippen LogP contribution is -2.43. The van der Waals surface area contributed by atoms with Gasteiger partial charge in [-0.3, -0.25) is 4.79 Å². The molecule has 0 amide bonds. The van der Waals surface area contributed by atoms with E-state index in [9.17, 15) is 4.79 Å². The van der Waals surface area contributed by atoms with Crippen molar-refractivity contribution in [1.29, 1.82) is 0 Å². The lowest BCUT2D eigenvalue weighted by Gasteiger charge is -2.43. The molecular weight excluding hydrogens is 148 g/mol. The second-order valence-electron chi connectivity index (χ2n) is 5.42. The summed E-state index contributed by atoms with van der Waals surface area (Å²) in [5.41, 5.74) is 0.257. The molecule has 2 rings (SSSR count). The monoisotopic (exact) mass is 166 g/mol. The Kier molecular flexibility index (Phi) is 1.47. The normalized spacial score (nSPS) is 44.9. The zero-order valence-corrected chi connectivity index (χ0v) is 8.31. The first kappa shape index (κ1) is 8.28. The quantitative estimate of drug-likeness (QED) is 0.541. The Bertz CT molecular complexity index is 229. The van der Waals surface area contributed by atoms with Crippen molar-refractivity contribution in [3.8, 4) is 0 Å². The zero-order chi connectivity index (χ0) is 8.98. The molecule has 2 bridgehead atoms. The van der Waals surface area contributed by atoms with Crippen LogP contribution in [0.15, 0.2) is 0 Å². The van der Waals surface area contributed by atoms with Crippen molar-refractivity contribution in [2.75, 3.05) is 0 Å². The topological polar surface area (TPSA) is 17.1 Å². The van der Waals surface area contributed by atoms with Gasteiger partial charge in [-0.1, -0.05) is 20.8 Å². The predicted octanol–water partition coefficient (Wildman–Crippen LogP) is 2.79. The summed E-state index contributed by atoms with van der Waals surface area (Å²) in [4.78, 5) is 11.8. The molecule has 2 atom stereocenters. The molecule has 2 aliphatic carbocycles. The molecule has 0 aromatic heterocycles. The Morgan fingerprint density at radius 1 is 1.33 bits per heavy atom. The summed E-state index contributed by atoms with van der Waals surface area (Å²) in [6.45, 7) is 6.57. The van der Waals surface area contributed by atoms with Crippen molar-refractivity contribution in [3.63, 3.8) is 0 Å². The first-order valence-corrected chi connectivity index (χ1v) is 4.99. The Labute approximate surface area is 74.5 Å². The zero-order valence-electron chi connectivity index (χ0n) is 8.31. The Morgan fingerprint density at radius 2 is 2.00 bits per heavy atom. The first-order valence-electron chi connectivity index (χ1n) is 4.99. The van der Waals surface area contributed by atoms with Gasteiger partial charge < -0.3 is 0 Å². The van der Waals surface area contributed by atoms with E-state index in [-0.39, 0.29) is 5.41 Å². The molecule has 0 aliphatic heterocycles. The van der Waals surface area contributed by atoms with Gasteiger partial charge in [-0.2, -0.15) is 0 Å². The highest BCUT2D eigenvalue weighted by Gasteiger charge is 2.54. The van der Waals surface area contributed by atoms with Gasteiger partial charge in [0.05, 0.1) is 0 Å². The number of carbonyl (C=O) groups is 1. The number of Topliss-reactive ketones (excluding diaryl/α,β-unsaturated/α-hetero) is 1. The van der Waals surface area contributed by atoms with Crippen LogP contribution in [0.5, 0.6) is 0 Å². The van der Waals surface area contributed by atoms with E-state index in [1.165, 1.54) is 19.3 Å². The Balaban J connectivity index is 2.38. The minimum Gasteiger partial charge on any atom is -0.299 e. The standard InChI is InChI=1S/C11H18O/c1-10(2)9(12)6-8-4-5-11(10,3)7-8/h8H,4-7H2,1-3H3. The maximum Gasteiger partial charge on any atom is 0.139 e. The molecule has 1 nitrogen and oxygen atoms in total. The van der Waals surface area contributed by atoms with E-state index in [1.807, 2.05) is 0 Å². The molecule has 0 saturated heterocycles. The smallest absolute Gasteiger partial charge is 0.139 e. The highest BCUT2D eigenvalue weighted by Crippen LogP contribution is 2.58. The molecule has 0 spiro atoms. The van der Waals surface area contributed by atoms with Crippen LogP contribution in [0, 0.1) is 16.7 Å². The van der Waals surface area contributed by atoms with Crippen LogP contribution in [0.3, 0.4) is 0 Å². The molecule has 1 heteroatoms. The molecule has 0 N–H and O–H groups in total. The lowest BCUT2D eigenvalue weighted by atomic mass is 9.59. The first-order chi connectivity index (χ1) is 5.46. The van der Waals surface area contributed by atoms with Crippen molar-refractivity contribution in [3.05, 3.63) is 0 Å². The van der Waals surface area contributed by atoms with Gasteiger partial charge in [0.1, 0.15) is 5.78 Å². The Hall–Kier alpha value is -0.330. The maximum atomic E-state index is 11.8. The predicted molar refractivity (Wildman–Crippen MR) is 48.9 cm³/mol. The van der Waals surface area contributed by atoms with E-state index in [1.54, 1.807) is 0 Å². The number of ketones is 1. The number of rotatable bonds is 0. The molecule has 2 saturated carbocycles. The fourth-order valence-electron chi connectivity index (χ4n) is 2.96. The molecule has 12 heavy (non-hydrogen) atoms. The largest absolute Gasteiger partial charge is 0.299 e. The van der Waals surface area contributed by atoms with Gasteiger partial charge in [0.25, 0.3) is 0 Å². The van der Waals surface area contributed by atoms with Gasteiger partial charge in [-0.15, -0.1) is 0 Å². The molecule has 2 unspecified atom stereocenters. The highest BCUT2D eigenvalue weighted by atomic mass is 16.1. The average Bonchev–Trinajstić information content (AvgIpc) is 2.29. The summed E-state index contributed by atoms with van der Waals surface area (Å²) < 4.78 is 0. The highest BCUT2D eigenvalue weighted by molar-refractivity contribution is 5.86. The lowest BCUT2D eigenvalue weighted by molar-refractivity contribution is -0.137. The van der Waals surface area contributed by atoms with Crippen molar-refractivity contribution in [2.45, 2.75) is 46.5 Å². The summed E-state index contributed by atoms with van der Waals surface area (Å²) in [5.74, 6) is 1.22. The summed E-state index contributed by atoms with van der Waals surface area (Å²) >= 11 is 0. The van der Waals surface area contributed by atoms with Crippen molar-refractivity contribution in [2.24, 2.45) is 16.7 Å². The molecule has 68 valence electrons. The van der Waals surface area contributed by atoms with Gasteiger partial charge in [0, 0.05) is 11.8 Å². The maximum absolute atomic E-state index is 11.8. The van der Waals surface area contributed by atoms with Crippen LogP contribution >= 0.6 is 0 Å². The van der Waals surface area contributed by atoms with Crippen molar-refractivity contribution >= 4 is 5.78 Å². The number of carbonyl (C=O) groups excluding carboxylic acids is 1. The van der Waals surface area contributed by atoms with Crippen LogP contribution in [0.2, 0.25) is 0 Å². The molecule has 0 aromatic rings. The summed E-state index contributed by atoms with van der Waals surface area (Å²) in [5, 5.41) is 0. The minimum absolute atomic E-state index is 0.0556. The van der Waals surface area contributed by atoms with Crippen LogP contribution < -0.4 is 0 Å². The molecule has 2 aliphatic rings. The van der Waals surface area contributed by atoms with Crippen molar-refractivity contribution in [1.82, 2.24) is 0 Å². The summed E-state index contributed by atoms with van der Waals surface area (Å²) in [6.07, 6.45) is 4.68.